The van der Waals surface area contributed by atoms with E-state index in [-0.39, 0.29) is 0 Å². The van der Waals surface area contributed by atoms with Crippen molar-refractivity contribution in [3.8, 4) is 0 Å². The zero-order chi connectivity index (χ0) is 10.7. The Hall–Kier alpha value is -1.08. The lowest BCUT2D eigenvalue weighted by atomic mass is 9.93. The van der Waals surface area contributed by atoms with Crippen molar-refractivity contribution in [1.82, 2.24) is 4.90 Å². The summed E-state index contributed by atoms with van der Waals surface area (Å²) in [4.78, 5) is 2.41. The van der Waals surface area contributed by atoms with E-state index in [0.717, 1.165) is 0 Å². The minimum absolute atomic E-state index is 0.639. The van der Waals surface area contributed by atoms with Crippen molar-refractivity contribution in [3.63, 3.8) is 0 Å². The third-order valence-electron chi connectivity index (χ3n) is 3.10. The van der Waals surface area contributed by atoms with Crippen LogP contribution in [0.15, 0.2) is 36.4 Å². The van der Waals surface area contributed by atoms with Gasteiger partial charge >= 0.3 is 0 Å². The van der Waals surface area contributed by atoms with Gasteiger partial charge in [0.05, 0.1) is 0 Å². The van der Waals surface area contributed by atoms with Crippen LogP contribution >= 0.6 is 0 Å². The Morgan fingerprint density at radius 3 is 2.67 bits per heavy atom. The van der Waals surface area contributed by atoms with E-state index in [1.54, 1.807) is 0 Å². The van der Waals surface area contributed by atoms with Gasteiger partial charge in [0.15, 0.2) is 0 Å². The van der Waals surface area contributed by atoms with Gasteiger partial charge in [-0.3, -0.25) is 0 Å². The van der Waals surface area contributed by atoms with Gasteiger partial charge in [0.25, 0.3) is 0 Å². The molecule has 15 heavy (non-hydrogen) atoms. The van der Waals surface area contributed by atoms with Gasteiger partial charge in [0.2, 0.25) is 0 Å². The second-order valence-corrected chi connectivity index (χ2v) is 4.48. The lowest BCUT2D eigenvalue weighted by Crippen LogP contribution is -2.23. The molecule has 1 atom stereocenters. The van der Waals surface area contributed by atoms with Crippen LogP contribution in [-0.2, 0) is 0 Å². The molecule has 1 heterocycles. The van der Waals surface area contributed by atoms with E-state index in [2.05, 4.69) is 55.3 Å². The Labute approximate surface area is 92.4 Å². The summed E-state index contributed by atoms with van der Waals surface area (Å²) in [5, 5.41) is 0. The molecule has 1 aromatic carbocycles. The van der Waals surface area contributed by atoms with Crippen LogP contribution in [0.25, 0.3) is 5.57 Å². The number of hydrogen-bond acceptors (Lipinski definition) is 1. The van der Waals surface area contributed by atoms with Crippen molar-refractivity contribution in [2.24, 2.45) is 5.92 Å². The first-order chi connectivity index (χ1) is 7.27. The number of nitrogens with zero attached hydrogens (tertiary/aromatic N) is 1. The van der Waals surface area contributed by atoms with Gasteiger partial charge in [0.1, 0.15) is 0 Å². The molecule has 0 bridgehead atoms. The summed E-state index contributed by atoms with van der Waals surface area (Å²) in [6, 6.07) is 10.8. The zero-order valence-electron chi connectivity index (χ0n) is 9.61. The normalized spacial score (nSPS) is 23.3. The second kappa shape index (κ2) is 4.63. The Kier molecular flexibility index (Phi) is 3.22. The van der Waals surface area contributed by atoms with E-state index in [1.807, 2.05) is 0 Å². The average molecular weight is 201 g/mol. The summed E-state index contributed by atoms with van der Waals surface area (Å²) in [6.45, 7) is 4.67. The van der Waals surface area contributed by atoms with Gasteiger partial charge in [-0.15, -0.1) is 0 Å². The van der Waals surface area contributed by atoms with Crippen LogP contribution in [0.5, 0.6) is 0 Å². The topological polar surface area (TPSA) is 3.24 Å². The molecule has 0 N–H and O–H groups in total. The van der Waals surface area contributed by atoms with Crippen molar-refractivity contribution < 1.29 is 0 Å². The molecular formula is C14H19N. The van der Waals surface area contributed by atoms with Crippen LogP contribution in [-0.4, -0.2) is 25.0 Å². The Morgan fingerprint density at radius 1 is 1.20 bits per heavy atom. The van der Waals surface area contributed by atoms with E-state index >= 15 is 0 Å². The molecule has 0 fully saturated rings. The molecule has 0 aromatic heterocycles. The fraction of sp³-hybridized carbons (Fsp3) is 0.429. The molecule has 0 spiro atoms. The highest BCUT2D eigenvalue weighted by Crippen LogP contribution is 2.26. The van der Waals surface area contributed by atoms with Crippen molar-refractivity contribution in [1.29, 1.82) is 0 Å². The van der Waals surface area contributed by atoms with Crippen LogP contribution in [0, 0.1) is 5.92 Å². The molecule has 2 rings (SSSR count). The summed E-state index contributed by atoms with van der Waals surface area (Å²) in [6.07, 6.45) is 3.58. The first-order valence-corrected chi connectivity index (χ1v) is 5.71. The summed E-state index contributed by atoms with van der Waals surface area (Å²) in [5.41, 5.74) is 2.90. The van der Waals surface area contributed by atoms with E-state index in [0.29, 0.717) is 5.92 Å². The molecule has 0 saturated carbocycles. The average Bonchev–Trinajstić information content (AvgIpc) is 2.40. The first-order valence-electron chi connectivity index (χ1n) is 5.71. The van der Waals surface area contributed by atoms with Crippen molar-refractivity contribution in [2.75, 3.05) is 20.1 Å². The SMILES string of the molecule is C[C@@H]1CN(C)CCC=C1c1ccccc1. The Morgan fingerprint density at radius 2 is 1.93 bits per heavy atom. The maximum Gasteiger partial charge on any atom is 0.00448 e. The molecule has 0 unspecified atom stereocenters. The summed E-state index contributed by atoms with van der Waals surface area (Å²) in [7, 11) is 2.21. The maximum absolute atomic E-state index is 2.41. The Balaban J connectivity index is 2.24. The molecule has 0 saturated heterocycles. The molecule has 0 amide bonds. The quantitative estimate of drug-likeness (QED) is 0.675. The lowest BCUT2D eigenvalue weighted by Gasteiger charge is -2.19. The predicted octanol–water partition coefficient (Wildman–Crippen LogP) is 3.04. The minimum Gasteiger partial charge on any atom is -0.305 e. The van der Waals surface area contributed by atoms with Gasteiger partial charge in [-0.2, -0.15) is 0 Å². The van der Waals surface area contributed by atoms with Crippen LogP contribution < -0.4 is 0 Å². The van der Waals surface area contributed by atoms with E-state index in [9.17, 15) is 0 Å². The predicted molar refractivity (Wildman–Crippen MR) is 65.7 cm³/mol. The van der Waals surface area contributed by atoms with E-state index < -0.39 is 0 Å². The maximum atomic E-state index is 2.41. The Bertz CT molecular complexity index is 340. The number of rotatable bonds is 1. The molecule has 1 heteroatoms. The van der Waals surface area contributed by atoms with Crippen LogP contribution in [0.3, 0.4) is 0 Å². The first kappa shape index (κ1) is 10.4. The smallest absolute Gasteiger partial charge is 0.00448 e. The van der Waals surface area contributed by atoms with Crippen LogP contribution in [0.1, 0.15) is 18.9 Å². The van der Waals surface area contributed by atoms with Crippen LogP contribution in [0.4, 0.5) is 0 Å². The minimum atomic E-state index is 0.639. The van der Waals surface area contributed by atoms with Gasteiger partial charge in [-0.05, 0) is 30.5 Å². The highest BCUT2D eigenvalue weighted by atomic mass is 15.1. The molecule has 1 aromatic rings. The largest absolute Gasteiger partial charge is 0.305 e. The number of hydrogen-bond donors (Lipinski definition) is 0. The molecule has 1 aliphatic rings. The van der Waals surface area contributed by atoms with Crippen molar-refractivity contribution in [3.05, 3.63) is 42.0 Å². The molecule has 1 aliphatic heterocycles. The molecular weight excluding hydrogens is 182 g/mol. The molecule has 1 nitrogen and oxygen atoms in total. The monoisotopic (exact) mass is 201 g/mol. The standard InChI is InChI=1S/C14H19N/c1-12-11-15(2)10-6-9-14(12)13-7-4-3-5-8-13/h3-5,7-9,12H,6,10-11H2,1-2H3/t12-/m1/s1. The second-order valence-electron chi connectivity index (χ2n) is 4.48. The lowest BCUT2D eigenvalue weighted by molar-refractivity contribution is 0.324. The summed E-state index contributed by atoms with van der Waals surface area (Å²) in [5.74, 6) is 0.639. The zero-order valence-corrected chi connectivity index (χ0v) is 9.61. The van der Waals surface area contributed by atoms with Crippen molar-refractivity contribution >= 4 is 5.57 Å². The summed E-state index contributed by atoms with van der Waals surface area (Å²) < 4.78 is 0. The number of benzene rings is 1. The fourth-order valence-corrected chi connectivity index (χ4v) is 2.33. The van der Waals surface area contributed by atoms with E-state index in [4.69, 9.17) is 0 Å². The van der Waals surface area contributed by atoms with Crippen LogP contribution in [0.2, 0.25) is 0 Å². The van der Waals surface area contributed by atoms with E-state index in [1.165, 1.54) is 30.6 Å². The third kappa shape index (κ3) is 2.48. The fourth-order valence-electron chi connectivity index (χ4n) is 2.33. The molecule has 80 valence electrons. The van der Waals surface area contributed by atoms with Gasteiger partial charge in [-0.25, -0.2) is 0 Å². The molecule has 0 aliphatic carbocycles. The van der Waals surface area contributed by atoms with Gasteiger partial charge in [-0.1, -0.05) is 43.3 Å². The third-order valence-corrected chi connectivity index (χ3v) is 3.10. The highest BCUT2D eigenvalue weighted by molar-refractivity contribution is 5.67. The van der Waals surface area contributed by atoms with Gasteiger partial charge in [0, 0.05) is 13.1 Å². The highest BCUT2D eigenvalue weighted by Gasteiger charge is 2.15. The molecule has 0 radical (unpaired) electrons. The van der Waals surface area contributed by atoms with Gasteiger partial charge < -0.3 is 4.90 Å². The van der Waals surface area contributed by atoms with Crippen molar-refractivity contribution in [2.45, 2.75) is 13.3 Å². The summed E-state index contributed by atoms with van der Waals surface area (Å²) >= 11 is 0.